The summed E-state index contributed by atoms with van der Waals surface area (Å²) in [6, 6.07) is 28.4. The second kappa shape index (κ2) is 11.6. The molecule has 1 aliphatic heterocycles. The summed E-state index contributed by atoms with van der Waals surface area (Å²) in [7, 11) is 3.11. The van der Waals surface area contributed by atoms with Crippen molar-refractivity contribution in [2.24, 2.45) is 0 Å². The van der Waals surface area contributed by atoms with E-state index in [0.29, 0.717) is 5.75 Å². The molecule has 2 N–H and O–H groups in total. The van der Waals surface area contributed by atoms with Crippen LogP contribution in [0.3, 0.4) is 0 Å². The first kappa shape index (κ1) is 27.5. The summed E-state index contributed by atoms with van der Waals surface area (Å²) in [5.41, 5.74) is 0.147. The Morgan fingerprint density at radius 2 is 1.43 bits per heavy atom. The number of hydrogen-bond donors (Lipinski definition) is 2. The van der Waals surface area contributed by atoms with Crippen LogP contribution in [0.5, 0.6) is 5.75 Å². The lowest BCUT2D eigenvalue weighted by Gasteiger charge is -2.40. The molecule has 0 unspecified atom stereocenters. The van der Waals surface area contributed by atoms with Gasteiger partial charge in [0.2, 0.25) is 0 Å². The predicted molar refractivity (Wildman–Crippen MR) is 148 cm³/mol. The average molecular weight is 545 g/mol. The highest BCUT2D eigenvalue weighted by molar-refractivity contribution is 5.48. The first-order valence-electron chi connectivity index (χ1n) is 13.0. The Bertz CT molecular complexity index is 1480. The fraction of sp³-hybridized carbons (Fsp3) is 0.290. The molecule has 1 saturated heterocycles. The van der Waals surface area contributed by atoms with Gasteiger partial charge in [-0.2, -0.15) is 0 Å². The number of benzene rings is 3. The minimum Gasteiger partial charge on any atom is -0.497 e. The van der Waals surface area contributed by atoms with Crippen molar-refractivity contribution >= 4 is 0 Å². The van der Waals surface area contributed by atoms with E-state index in [1.54, 1.807) is 14.0 Å². The molecule has 0 aliphatic carbocycles. The topological polar surface area (TPSA) is 112 Å². The molecule has 2 heterocycles. The van der Waals surface area contributed by atoms with Gasteiger partial charge >= 0.3 is 5.69 Å². The molecule has 0 radical (unpaired) electrons. The van der Waals surface area contributed by atoms with Crippen LogP contribution in [0, 0.1) is 0 Å². The number of ether oxygens (including phenoxy) is 4. The molecule has 0 spiro atoms. The maximum Gasteiger partial charge on any atom is 0.330 e. The van der Waals surface area contributed by atoms with E-state index in [2.05, 4.69) is 4.98 Å². The van der Waals surface area contributed by atoms with Crippen LogP contribution in [0.2, 0.25) is 0 Å². The van der Waals surface area contributed by atoms with Crippen molar-refractivity contribution in [1.82, 2.24) is 9.55 Å². The highest BCUT2D eigenvalue weighted by atomic mass is 16.6. The Kier molecular flexibility index (Phi) is 7.99. The van der Waals surface area contributed by atoms with E-state index in [1.165, 1.54) is 23.9 Å². The van der Waals surface area contributed by atoms with Crippen molar-refractivity contribution in [2.45, 2.75) is 43.2 Å². The second-order valence-corrected chi connectivity index (χ2v) is 9.67. The van der Waals surface area contributed by atoms with Gasteiger partial charge in [0.05, 0.1) is 13.2 Å². The molecule has 3 aromatic carbocycles. The van der Waals surface area contributed by atoms with Gasteiger partial charge in [0.15, 0.2) is 6.23 Å². The third kappa shape index (κ3) is 5.00. The highest BCUT2D eigenvalue weighted by Crippen LogP contribution is 2.46. The Morgan fingerprint density at radius 3 is 1.93 bits per heavy atom. The van der Waals surface area contributed by atoms with E-state index in [9.17, 15) is 14.7 Å². The van der Waals surface area contributed by atoms with Crippen molar-refractivity contribution in [3.63, 3.8) is 0 Å². The third-order valence-electron chi connectivity index (χ3n) is 7.27. The fourth-order valence-electron chi connectivity index (χ4n) is 5.37. The van der Waals surface area contributed by atoms with Crippen LogP contribution in [-0.4, -0.2) is 53.3 Å². The zero-order valence-corrected chi connectivity index (χ0v) is 22.5. The van der Waals surface area contributed by atoms with Crippen LogP contribution >= 0.6 is 0 Å². The van der Waals surface area contributed by atoms with Crippen LogP contribution in [0.1, 0.15) is 29.8 Å². The molecule has 1 fully saturated rings. The number of aromatic amines is 1. The minimum atomic E-state index is -1.17. The molecule has 0 bridgehead atoms. The highest BCUT2D eigenvalue weighted by Gasteiger charge is 2.53. The van der Waals surface area contributed by atoms with E-state index in [0.717, 1.165) is 16.7 Å². The van der Waals surface area contributed by atoms with Gasteiger partial charge in [0.25, 0.3) is 5.56 Å². The number of methoxy groups -OCH3 is 2. The number of aromatic nitrogens is 2. The summed E-state index contributed by atoms with van der Waals surface area (Å²) in [6.07, 6.45) is -3.15. The van der Waals surface area contributed by atoms with Crippen molar-refractivity contribution in [2.75, 3.05) is 14.2 Å². The van der Waals surface area contributed by atoms with E-state index in [1.807, 2.05) is 84.9 Å². The Labute approximate surface area is 231 Å². The van der Waals surface area contributed by atoms with Crippen LogP contribution in [0.4, 0.5) is 0 Å². The molecule has 9 heteroatoms. The molecule has 1 aromatic heterocycles. The quantitative estimate of drug-likeness (QED) is 0.311. The summed E-state index contributed by atoms with van der Waals surface area (Å²) in [5, 5.41) is 10.9. The Morgan fingerprint density at radius 1 is 0.850 bits per heavy atom. The van der Waals surface area contributed by atoms with Crippen molar-refractivity contribution in [1.29, 1.82) is 0 Å². The fourth-order valence-corrected chi connectivity index (χ4v) is 5.37. The maximum atomic E-state index is 12.7. The van der Waals surface area contributed by atoms with E-state index in [-0.39, 0.29) is 0 Å². The molecule has 1 aliphatic rings. The summed E-state index contributed by atoms with van der Waals surface area (Å²) >= 11 is 0. The molecular weight excluding hydrogens is 512 g/mol. The largest absolute Gasteiger partial charge is 0.497 e. The van der Waals surface area contributed by atoms with Gasteiger partial charge in [-0.3, -0.25) is 14.3 Å². The molecule has 5 atom stereocenters. The smallest absolute Gasteiger partial charge is 0.330 e. The van der Waals surface area contributed by atoms with E-state index < -0.39 is 47.5 Å². The number of aliphatic hydroxyl groups is 1. The van der Waals surface area contributed by atoms with Gasteiger partial charge in [-0.25, -0.2) is 4.79 Å². The molecule has 0 saturated carbocycles. The summed E-state index contributed by atoms with van der Waals surface area (Å²) < 4.78 is 26.0. The number of rotatable bonds is 9. The van der Waals surface area contributed by atoms with Crippen LogP contribution in [0.15, 0.2) is 107 Å². The van der Waals surface area contributed by atoms with E-state index in [4.69, 9.17) is 18.9 Å². The summed E-state index contributed by atoms with van der Waals surface area (Å²) in [4.78, 5) is 26.7. The number of nitrogens with one attached hydrogen (secondary N) is 1. The number of nitrogens with zero attached hydrogens (tertiary/aromatic N) is 1. The van der Waals surface area contributed by atoms with Gasteiger partial charge in [0.1, 0.15) is 29.7 Å². The lowest BCUT2D eigenvalue weighted by molar-refractivity contribution is -0.130. The first-order valence-corrected chi connectivity index (χ1v) is 13.0. The minimum absolute atomic E-state index is 0.528. The number of H-pyrrole nitrogens is 1. The third-order valence-corrected chi connectivity index (χ3v) is 7.27. The number of aliphatic hydroxyl groups excluding tert-OH is 1. The molecule has 9 nitrogen and oxygen atoms in total. The first-order chi connectivity index (χ1) is 19.4. The zero-order valence-electron chi connectivity index (χ0n) is 22.5. The van der Waals surface area contributed by atoms with Crippen molar-refractivity contribution in [3.8, 4) is 5.75 Å². The maximum absolute atomic E-state index is 12.7. The SMILES string of the molecule is COc1ccc(C(O[C@H]2[C@@H](OC)[C@H](n3ccc(=O)[nH]c3=O)O[C@@H]2[C@H](C)O)(c2ccccc2)c2ccccc2)cc1. The standard InChI is InChI=1S/C31H32N2O7/c1-20(34)26-27(28(38-3)29(39-26)33-19-18-25(35)32-30(33)36)40-31(21-10-6-4-7-11-21,22-12-8-5-9-13-22)23-14-16-24(37-2)17-15-23/h4-20,26-29,34H,1-3H3,(H,32,35,36)/t20-,26+,27+,28+,29+/m0/s1. The molecule has 208 valence electrons. The molecule has 0 amide bonds. The summed E-state index contributed by atoms with van der Waals surface area (Å²) in [5.74, 6) is 0.692. The Hall–Kier alpha value is -4.02. The van der Waals surface area contributed by atoms with Crippen molar-refractivity contribution in [3.05, 3.63) is 135 Å². The normalized spacial score (nSPS) is 21.7. The van der Waals surface area contributed by atoms with Gasteiger partial charge < -0.3 is 24.1 Å². The van der Waals surface area contributed by atoms with Gasteiger partial charge in [0, 0.05) is 19.4 Å². The monoisotopic (exact) mass is 544 g/mol. The van der Waals surface area contributed by atoms with Gasteiger partial charge in [-0.05, 0) is 35.7 Å². The molecule has 5 rings (SSSR count). The lowest BCUT2D eigenvalue weighted by Crippen LogP contribution is -2.47. The molecule has 40 heavy (non-hydrogen) atoms. The average Bonchev–Trinajstić information content (AvgIpc) is 3.35. The van der Waals surface area contributed by atoms with Gasteiger partial charge in [-0.1, -0.05) is 72.8 Å². The lowest BCUT2D eigenvalue weighted by atomic mass is 9.79. The Balaban J connectivity index is 1.71. The van der Waals surface area contributed by atoms with Crippen LogP contribution in [0.25, 0.3) is 0 Å². The van der Waals surface area contributed by atoms with Crippen LogP contribution < -0.4 is 16.0 Å². The number of hydrogen-bond acceptors (Lipinski definition) is 7. The molecule has 4 aromatic rings. The van der Waals surface area contributed by atoms with E-state index >= 15 is 0 Å². The predicted octanol–water partition coefficient (Wildman–Crippen LogP) is 3.22. The summed E-state index contributed by atoms with van der Waals surface area (Å²) in [6.45, 7) is 1.60. The van der Waals surface area contributed by atoms with Crippen LogP contribution in [-0.2, 0) is 19.8 Å². The van der Waals surface area contributed by atoms with Crippen molar-refractivity contribution < 1.29 is 24.1 Å². The zero-order chi connectivity index (χ0) is 28.3. The molecular formula is C31H32N2O7. The second-order valence-electron chi connectivity index (χ2n) is 9.67. The van der Waals surface area contributed by atoms with Gasteiger partial charge in [-0.15, -0.1) is 0 Å².